The van der Waals surface area contributed by atoms with Gasteiger partial charge in [0.2, 0.25) is 5.88 Å². The largest absolute Gasteiger partial charge is 0.508 e. The summed E-state index contributed by atoms with van der Waals surface area (Å²) in [5.74, 6) is -1.04. The smallest absolute Gasteiger partial charge is 0.474 e. The summed E-state index contributed by atoms with van der Waals surface area (Å²) in [6.45, 7) is 6.49. The predicted octanol–water partition coefficient (Wildman–Crippen LogP) is 6.61. The van der Waals surface area contributed by atoms with E-state index in [1.807, 2.05) is 0 Å². The number of hydrogen-bond donors (Lipinski definition) is 0. The van der Waals surface area contributed by atoms with Crippen molar-refractivity contribution in [1.29, 1.82) is 5.26 Å². The van der Waals surface area contributed by atoms with Crippen LogP contribution in [-0.2, 0) is 26.9 Å². The molecule has 1 aliphatic carbocycles. The number of nitriles is 1. The second-order valence-corrected chi connectivity index (χ2v) is 12.1. The molecule has 46 heavy (non-hydrogen) atoms. The fourth-order valence-corrected chi connectivity index (χ4v) is 5.81. The number of thiocarbonyl (C=S) groups is 1. The Morgan fingerprint density at radius 1 is 1.11 bits per heavy atom. The number of amides is 1. The number of aromatic nitrogens is 2. The van der Waals surface area contributed by atoms with Crippen molar-refractivity contribution in [3.05, 3.63) is 53.1 Å². The number of halogens is 4. The van der Waals surface area contributed by atoms with Crippen molar-refractivity contribution in [3.8, 4) is 11.9 Å². The summed E-state index contributed by atoms with van der Waals surface area (Å²) in [6, 6.07) is 7.11. The lowest BCUT2D eigenvalue weighted by Gasteiger charge is -2.43. The van der Waals surface area contributed by atoms with Crippen LogP contribution in [0.15, 0.2) is 30.3 Å². The Morgan fingerprint density at radius 2 is 1.83 bits per heavy atom. The van der Waals surface area contributed by atoms with Crippen LogP contribution in [0.3, 0.4) is 0 Å². The van der Waals surface area contributed by atoms with Crippen molar-refractivity contribution >= 4 is 51.7 Å². The quantitative estimate of drug-likeness (QED) is 0.119. The molecule has 15 heteroatoms. The van der Waals surface area contributed by atoms with Crippen LogP contribution in [0.4, 0.5) is 33.7 Å². The number of hydrogen-bond acceptors (Lipinski definition) is 9. The van der Waals surface area contributed by atoms with Gasteiger partial charge in [0.05, 0.1) is 28.3 Å². The molecule has 242 valence electrons. The molecular formula is C31H29F4N5O5S. The third-order valence-electron chi connectivity index (χ3n) is 7.54. The molecule has 0 atom stereocenters. The van der Waals surface area contributed by atoms with Gasteiger partial charge in [0.1, 0.15) is 35.7 Å². The third kappa shape index (κ3) is 6.01. The summed E-state index contributed by atoms with van der Waals surface area (Å²) in [5, 5.41) is 9.21. The van der Waals surface area contributed by atoms with E-state index in [1.54, 1.807) is 27.7 Å². The first kappa shape index (κ1) is 32.8. The van der Waals surface area contributed by atoms with Crippen molar-refractivity contribution < 1.29 is 41.4 Å². The van der Waals surface area contributed by atoms with E-state index in [1.165, 1.54) is 23.1 Å². The molecule has 2 aliphatic rings. The zero-order chi connectivity index (χ0) is 33.6. The number of carbonyl (C=O) groups is 2. The number of anilines is 2. The van der Waals surface area contributed by atoms with Crippen molar-refractivity contribution in [3.63, 3.8) is 0 Å². The highest BCUT2D eigenvalue weighted by atomic mass is 32.1. The van der Waals surface area contributed by atoms with Gasteiger partial charge in [-0.25, -0.2) is 14.2 Å². The van der Waals surface area contributed by atoms with Crippen LogP contribution in [0.25, 0.3) is 10.9 Å². The molecule has 1 aliphatic heterocycles. The van der Waals surface area contributed by atoms with Gasteiger partial charge in [-0.3, -0.25) is 9.69 Å². The predicted molar refractivity (Wildman–Crippen MR) is 162 cm³/mol. The van der Waals surface area contributed by atoms with Crippen molar-refractivity contribution in [2.45, 2.75) is 70.7 Å². The minimum absolute atomic E-state index is 0.00624. The zero-order valence-corrected chi connectivity index (χ0v) is 26.1. The first-order chi connectivity index (χ1) is 21.6. The Labute approximate surface area is 266 Å². The highest BCUT2D eigenvalue weighted by Crippen LogP contribution is 2.49. The van der Waals surface area contributed by atoms with Gasteiger partial charge in [-0.2, -0.15) is 23.4 Å². The van der Waals surface area contributed by atoms with Crippen LogP contribution in [0.5, 0.6) is 5.88 Å². The second-order valence-electron chi connectivity index (χ2n) is 11.8. The van der Waals surface area contributed by atoms with Crippen LogP contribution in [0.1, 0.15) is 63.9 Å². The van der Waals surface area contributed by atoms with Crippen LogP contribution in [0, 0.1) is 17.1 Å². The number of benzene rings is 2. The molecule has 0 N–H and O–H groups in total. The molecule has 2 heterocycles. The maximum Gasteiger partial charge on any atom is 0.508 e. The average Bonchev–Trinajstić information content (AvgIpc) is 3.20. The van der Waals surface area contributed by atoms with E-state index in [2.05, 4.69) is 9.97 Å². The van der Waals surface area contributed by atoms with Gasteiger partial charge in [-0.1, -0.05) is 6.92 Å². The first-order valence-electron chi connectivity index (χ1n) is 14.4. The van der Waals surface area contributed by atoms with Gasteiger partial charge >= 0.3 is 12.3 Å². The van der Waals surface area contributed by atoms with Gasteiger partial charge < -0.3 is 19.1 Å². The Kier molecular flexibility index (Phi) is 8.54. The van der Waals surface area contributed by atoms with Gasteiger partial charge in [-0.15, -0.1) is 0 Å². The lowest BCUT2D eigenvalue weighted by Crippen LogP contribution is -2.55. The monoisotopic (exact) mass is 659 g/mol. The summed E-state index contributed by atoms with van der Waals surface area (Å²) < 4.78 is 73.1. The van der Waals surface area contributed by atoms with E-state index in [9.17, 15) is 28.0 Å². The average molecular weight is 660 g/mol. The van der Waals surface area contributed by atoms with Crippen molar-refractivity contribution in [2.75, 3.05) is 23.0 Å². The molecule has 1 aromatic heterocycles. The molecule has 10 nitrogen and oxygen atoms in total. The molecule has 1 saturated carbocycles. The summed E-state index contributed by atoms with van der Waals surface area (Å²) >= 11 is 5.68. The molecule has 0 unspecified atom stereocenters. The maximum absolute atomic E-state index is 15.8. The molecule has 1 amide bonds. The molecular weight excluding hydrogens is 630 g/mol. The number of nitrogens with zero attached hydrogens (tertiary/aromatic N) is 5. The maximum atomic E-state index is 15.8. The van der Waals surface area contributed by atoms with E-state index in [0.29, 0.717) is 31.7 Å². The Balaban J connectivity index is 1.52. The SMILES string of the molecule is CCc1nc(OCCOC(=O)OC(C)(C)C)c2cc(N3C(=S)N(c4ccc(C#N)c(C(F)(F)F)c4)C(=O)C34CCC4)cc(F)c2n1. The van der Waals surface area contributed by atoms with Crippen LogP contribution in [0.2, 0.25) is 0 Å². The number of ether oxygens (including phenoxy) is 3. The number of aryl methyl sites for hydroxylation is 1. The van der Waals surface area contributed by atoms with E-state index in [4.69, 9.17) is 26.4 Å². The number of carbonyl (C=O) groups excluding carboxylic acids is 2. The standard InChI is InChI=1S/C31H29F4N5O5S/c1-5-23-37-24-20(25(38-23)43-11-12-44-28(42)45-29(2,3)4)13-19(15-22(24)32)40-27(46)39(26(41)30(40)9-6-10-30)18-8-7-17(16-36)21(14-18)31(33,34)35/h7-8,13-15H,5-6,9-12H2,1-4H3. The van der Waals surface area contributed by atoms with Gasteiger partial charge in [0.15, 0.2) is 10.9 Å². The highest BCUT2D eigenvalue weighted by molar-refractivity contribution is 7.81. The topological polar surface area (TPSA) is 118 Å². The summed E-state index contributed by atoms with van der Waals surface area (Å²) in [5.41, 5.74) is -3.89. The van der Waals surface area contributed by atoms with Crippen LogP contribution >= 0.6 is 12.2 Å². The molecule has 2 aromatic carbocycles. The minimum atomic E-state index is -4.85. The normalized spacial score (nSPS) is 16.1. The van der Waals surface area contributed by atoms with Gasteiger partial charge in [0.25, 0.3) is 5.91 Å². The fraction of sp³-hybridized carbons (Fsp3) is 0.419. The van der Waals surface area contributed by atoms with E-state index < -0.39 is 46.3 Å². The Bertz CT molecular complexity index is 1780. The van der Waals surface area contributed by atoms with E-state index in [0.717, 1.165) is 17.0 Å². The summed E-state index contributed by atoms with van der Waals surface area (Å²) in [6.07, 6.45) is -4.12. The highest BCUT2D eigenvalue weighted by Gasteiger charge is 2.60. The zero-order valence-electron chi connectivity index (χ0n) is 25.3. The molecule has 0 radical (unpaired) electrons. The minimum Gasteiger partial charge on any atom is -0.474 e. The molecule has 0 bridgehead atoms. The second kappa shape index (κ2) is 12.0. The number of fused-ring (bicyclic) bond motifs is 1. The Morgan fingerprint density at radius 3 is 2.41 bits per heavy atom. The molecule has 2 fully saturated rings. The van der Waals surface area contributed by atoms with Gasteiger partial charge in [0, 0.05) is 12.1 Å². The third-order valence-corrected chi connectivity index (χ3v) is 7.90. The Hall–Kier alpha value is -4.58. The lowest BCUT2D eigenvalue weighted by atomic mass is 9.75. The molecule has 3 aromatic rings. The van der Waals surface area contributed by atoms with Crippen LogP contribution in [-0.4, -0.2) is 51.5 Å². The summed E-state index contributed by atoms with van der Waals surface area (Å²) in [7, 11) is 0. The van der Waals surface area contributed by atoms with Gasteiger partial charge in [-0.05, 0) is 82.6 Å². The van der Waals surface area contributed by atoms with Crippen LogP contribution < -0.4 is 14.5 Å². The number of alkyl halides is 3. The molecule has 1 saturated heterocycles. The van der Waals surface area contributed by atoms with Crippen molar-refractivity contribution in [1.82, 2.24) is 9.97 Å². The number of rotatable bonds is 7. The first-order valence-corrected chi connectivity index (χ1v) is 14.8. The van der Waals surface area contributed by atoms with E-state index >= 15 is 4.39 Å². The molecule has 5 rings (SSSR count). The summed E-state index contributed by atoms with van der Waals surface area (Å²) in [4.78, 5) is 36.9. The fourth-order valence-electron chi connectivity index (χ4n) is 5.34. The van der Waals surface area contributed by atoms with Crippen molar-refractivity contribution in [2.24, 2.45) is 0 Å². The lowest BCUT2D eigenvalue weighted by molar-refractivity contribution is -0.137. The molecule has 1 spiro atoms. The van der Waals surface area contributed by atoms with E-state index in [-0.39, 0.29) is 52.3 Å².